The van der Waals surface area contributed by atoms with Crippen LogP contribution in [0.2, 0.25) is 0 Å². The number of hydrogen-bond acceptors (Lipinski definition) is 4. The molecule has 1 aromatic carbocycles. The molecule has 0 spiro atoms. The second-order valence-corrected chi connectivity index (χ2v) is 6.71. The fourth-order valence-electron chi connectivity index (χ4n) is 1.63. The summed E-state index contributed by atoms with van der Waals surface area (Å²) in [5, 5.41) is 23.3. The van der Waals surface area contributed by atoms with Crippen LogP contribution in [0, 0.1) is 0 Å². The number of thiophene rings is 1. The molecule has 5 heteroatoms. The van der Waals surface area contributed by atoms with Gasteiger partial charge in [0, 0.05) is 4.70 Å². The summed E-state index contributed by atoms with van der Waals surface area (Å²) in [5.74, 6) is 0. The molecule has 0 aliphatic carbocycles. The maximum absolute atomic E-state index is 10.2. The van der Waals surface area contributed by atoms with E-state index in [0.29, 0.717) is 5.46 Å². The standard InChI is InChI=1S/C14H19BO3S/c1-13(2,16)14(3,4)18-15(17)11-5-6-12-10(9-11)7-8-19-12/h5-9,16-17H,1-4H3. The average Bonchev–Trinajstić information content (AvgIpc) is 2.73. The van der Waals surface area contributed by atoms with Gasteiger partial charge in [0.1, 0.15) is 0 Å². The first-order chi connectivity index (χ1) is 8.71. The second-order valence-electron chi connectivity index (χ2n) is 5.76. The van der Waals surface area contributed by atoms with Crippen LogP contribution in [0.4, 0.5) is 0 Å². The topological polar surface area (TPSA) is 49.7 Å². The Bertz CT molecular complexity index is 571. The third-order valence-corrected chi connectivity index (χ3v) is 4.54. The van der Waals surface area contributed by atoms with Crippen LogP contribution in [0.1, 0.15) is 27.7 Å². The number of aliphatic hydroxyl groups is 1. The van der Waals surface area contributed by atoms with Gasteiger partial charge in [0.15, 0.2) is 0 Å². The Morgan fingerprint density at radius 2 is 1.84 bits per heavy atom. The van der Waals surface area contributed by atoms with Gasteiger partial charge in [-0.1, -0.05) is 12.1 Å². The summed E-state index contributed by atoms with van der Waals surface area (Å²) in [6, 6.07) is 7.75. The molecular weight excluding hydrogens is 259 g/mol. The molecular formula is C14H19BO3S. The van der Waals surface area contributed by atoms with Gasteiger partial charge in [-0.15, -0.1) is 11.3 Å². The van der Waals surface area contributed by atoms with E-state index < -0.39 is 18.3 Å². The summed E-state index contributed by atoms with van der Waals surface area (Å²) in [5.41, 5.74) is -1.19. The van der Waals surface area contributed by atoms with Gasteiger partial charge >= 0.3 is 7.12 Å². The van der Waals surface area contributed by atoms with Crippen LogP contribution in [-0.2, 0) is 4.65 Å². The lowest BCUT2D eigenvalue weighted by atomic mass is 9.76. The number of fused-ring (bicyclic) bond motifs is 1. The zero-order valence-electron chi connectivity index (χ0n) is 11.7. The third-order valence-electron chi connectivity index (χ3n) is 3.64. The fourth-order valence-corrected chi connectivity index (χ4v) is 2.40. The van der Waals surface area contributed by atoms with Crippen molar-refractivity contribution >= 4 is 34.0 Å². The highest BCUT2D eigenvalue weighted by molar-refractivity contribution is 7.17. The molecule has 2 rings (SSSR count). The summed E-state index contributed by atoms with van der Waals surface area (Å²) in [6.07, 6.45) is 0. The summed E-state index contributed by atoms with van der Waals surface area (Å²) >= 11 is 1.66. The van der Waals surface area contributed by atoms with Crippen LogP contribution in [0.25, 0.3) is 10.1 Å². The highest BCUT2D eigenvalue weighted by atomic mass is 32.1. The molecule has 0 amide bonds. The zero-order valence-corrected chi connectivity index (χ0v) is 12.5. The van der Waals surface area contributed by atoms with Crippen molar-refractivity contribution in [3.05, 3.63) is 29.6 Å². The molecule has 2 aromatic rings. The zero-order chi connectivity index (χ0) is 14.3. The second kappa shape index (κ2) is 4.91. The first-order valence-corrected chi connectivity index (χ1v) is 7.14. The molecule has 0 saturated carbocycles. The van der Waals surface area contributed by atoms with Gasteiger partial charge in [-0.25, -0.2) is 0 Å². The van der Waals surface area contributed by atoms with Gasteiger partial charge in [-0.05, 0) is 56.1 Å². The predicted molar refractivity (Wildman–Crippen MR) is 80.9 cm³/mol. The lowest BCUT2D eigenvalue weighted by molar-refractivity contribution is -0.0982. The molecule has 0 aliphatic heterocycles. The molecule has 3 nitrogen and oxygen atoms in total. The van der Waals surface area contributed by atoms with Crippen LogP contribution in [0.15, 0.2) is 29.6 Å². The van der Waals surface area contributed by atoms with Gasteiger partial charge in [-0.2, -0.15) is 0 Å². The summed E-state index contributed by atoms with van der Waals surface area (Å²) in [6.45, 7) is 6.86. The smallest absolute Gasteiger partial charge is 0.423 e. The molecule has 0 saturated heterocycles. The van der Waals surface area contributed by atoms with E-state index in [-0.39, 0.29) is 0 Å². The number of hydrogen-bond donors (Lipinski definition) is 2. The predicted octanol–water partition coefficient (Wildman–Crippen LogP) is 2.15. The third kappa shape index (κ3) is 3.00. The Hall–Kier alpha value is -0.875. The maximum Gasteiger partial charge on any atom is 0.491 e. The average molecular weight is 278 g/mol. The van der Waals surface area contributed by atoms with Crippen LogP contribution in [0.5, 0.6) is 0 Å². The van der Waals surface area contributed by atoms with Gasteiger partial charge < -0.3 is 14.8 Å². The quantitative estimate of drug-likeness (QED) is 0.843. The SMILES string of the molecule is CC(C)(O)C(C)(C)OB(O)c1ccc2sccc2c1. The van der Waals surface area contributed by atoms with E-state index in [4.69, 9.17) is 4.65 Å². The molecule has 0 aliphatic rings. The molecule has 0 radical (unpaired) electrons. The van der Waals surface area contributed by atoms with Gasteiger partial charge in [0.25, 0.3) is 0 Å². The molecule has 1 heterocycles. The molecule has 2 N–H and O–H groups in total. The molecule has 19 heavy (non-hydrogen) atoms. The van der Waals surface area contributed by atoms with Crippen LogP contribution >= 0.6 is 11.3 Å². The molecule has 0 unspecified atom stereocenters. The largest absolute Gasteiger partial charge is 0.491 e. The maximum atomic E-state index is 10.2. The molecule has 0 atom stereocenters. The Morgan fingerprint density at radius 3 is 2.47 bits per heavy atom. The Labute approximate surface area is 118 Å². The Kier molecular flexibility index (Phi) is 3.75. The van der Waals surface area contributed by atoms with E-state index in [1.807, 2.05) is 29.6 Å². The minimum atomic E-state index is -1.05. The highest BCUT2D eigenvalue weighted by Crippen LogP contribution is 2.26. The van der Waals surface area contributed by atoms with E-state index >= 15 is 0 Å². The van der Waals surface area contributed by atoms with Crippen molar-refractivity contribution in [1.82, 2.24) is 0 Å². The first kappa shape index (κ1) is 14.5. The number of benzene rings is 1. The van der Waals surface area contributed by atoms with Crippen molar-refractivity contribution in [2.75, 3.05) is 0 Å². The van der Waals surface area contributed by atoms with Gasteiger partial charge in [-0.3, -0.25) is 0 Å². The molecule has 0 bridgehead atoms. The van der Waals surface area contributed by atoms with Crippen molar-refractivity contribution < 1.29 is 14.8 Å². The van der Waals surface area contributed by atoms with Gasteiger partial charge in [0.05, 0.1) is 11.2 Å². The van der Waals surface area contributed by atoms with E-state index in [1.54, 1.807) is 39.0 Å². The van der Waals surface area contributed by atoms with Crippen LogP contribution < -0.4 is 5.46 Å². The Morgan fingerprint density at radius 1 is 1.16 bits per heavy atom. The monoisotopic (exact) mass is 278 g/mol. The Balaban J connectivity index is 2.22. The summed E-state index contributed by atoms with van der Waals surface area (Å²) in [7, 11) is -1.05. The van der Waals surface area contributed by atoms with E-state index in [2.05, 4.69) is 0 Å². The van der Waals surface area contributed by atoms with Crippen molar-refractivity contribution in [3.8, 4) is 0 Å². The first-order valence-electron chi connectivity index (χ1n) is 6.26. The highest BCUT2D eigenvalue weighted by Gasteiger charge is 2.39. The lowest BCUT2D eigenvalue weighted by Crippen LogP contribution is -2.53. The van der Waals surface area contributed by atoms with E-state index in [0.717, 1.165) is 5.39 Å². The van der Waals surface area contributed by atoms with Gasteiger partial charge in [0.2, 0.25) is 0 Å². The fraction of sp³-hybridized carbons (Fsp3) is 0.429. The van der Waals surface area contributed by atoms with Crippen LogP contribution in [-0.4, -0.2) is 28.5 Å². The molecule has 1 aromatic heterocycles. The summed E-state index contributed by atoms with van der Waals surface area (Å²) < 4.78 is 6.80. The minimum Gasteiger partial charge on any atom is -0.423 e. The molecule has 102 valence electrons. The van der Waals surface area contributed by atoms with E-state index in [9.17, 15) is 10.1 Å². The number of rotatable bonds is 4. The normalized spacial score (nSPS) is 12.9. The van der Waals surface area contributed by atoms with E-state index in [1.165, 1.54) is 4.70 Å². The van der Waals surface area contributed by atoms with Crippen molar-refractivity contribution in [3.63, 3.8) is 0 Å². The molecule has 0 fully saturated rings. The minimum absolute atomic E-state index is 0.697. The lowest BCUT2D eigenvalue weighted by Gasteiger charge is -2.38. The van der Waals surface area contributed by atoms with Crippen molar-refractivity contribution in [2.45, 2.75) is 38.9 Å². The van der Waals surface area contributed by atoms with Crippen molar-refractivity contribution in [1.29, 1.82) is 0 Å². The van der Waals surface area contributed by atoms with Crippen molar-refractivity contribution in [2.24, 2.45) is 0 Å². The summed E-state index contributed by atoms with van der Waals surface area (Å²) in [4.78, 5) is 0. The van der Waals surface area contributed by atoms with Crippen LogP contribution in [0.3, 0.4) is 0 Å².